The molecule has 31 heavy (non-hydrogen) atoms. The maximum absolute atomic E-state index is 11.3. The Morgan fingerprint density at radius 3 is 2.58 bits per heavy atom. The number of hydrogen-bond acceptors (Lipinski definition) is 4. The summed E-state index contributed by atoms with van der Waals surface area (Å²) in [6.07, 6.45) is 8.78. The summed E-state index contributed by atoms with van der Waals surface area (Å²) in [7, 11) is 0. The van der Waals surface area contributed by atoms with E-state index < -0.39 is 0 Å². The second kappa shape index (κ2) is 8.72. The van der Waals surface area contributed by atoms with Crippen LogP contribution in [0.4, 0.5) is 0 Å². The van der Waals surface area contributed by atoms with Gasteiger partial charge < -0.3 is 9.30 Å². The summed E-state index contributed by atoms with van der Waals surface area (Å²) in [6.45, 7) is 0.488. The van der Waals surface area contributed by atoms with E-state index in [1.165, 1.54) is 19.3 Å². The fraction of sp³-hybridized carbons (Fsp3) is 0.269. The minimum Gasteiger partial charge on any atom is -0.473 e. The fourth-order valence-electron chi connectivity index (χ4n) is 4.43. The van der Waals surface area contributed by atoms with Gasteiger partial charge in [-0.1, -0.05) is 49.6 Å². The van der Waals surface area contributed by atoms with Crippen LogP contribution in [0, 0.1) is 0 Å². The normalized spacial score (nSPS) is 14.6. The lowest BCUT2D eigenvalue weighted by atomic mass is 9.95. The number of aromatic nitrogens is 3. The van der Waals surface area contributed by atoms with Crippen LogP contribution in [0.2, 0.25) is 0 Å². The first kappa shape index (κ1) is 19.5. The second-order valence-corrected chi connectivity index (χ2v) is 8.12. The molecule has 4 aromatic rings. The number of carbonyl (C=O) groups is 1. The molecule has 5 heteroatoms. The van der Waals surface area contributed by atoms with Gasteiger partial charge in [-0.25, -0.2) is 9.97 Å². The lowest BCUT2D eigenvalue weighted by Crippen LogP contribution is -2.14. The van der Waals surface area contributed by atoms with E-state index in [1.807, 2.05) is 66.9 Å². The Kier molecular flexibility index (Phi) is 5.48. The molecule has 0 N–H and O–H groups in total. The van der Waals surface area contributed by atoms with Crippen LogP contribution in [0.15, 0.2) is 66.9 Å². The highest BCUT2D eigenvalue weighted by atomic mass is 16.5. The van der Waals surface area contributed by atoms with E-state index in [9.17, 15) is 4.79 Å². The third kappa shape index (κ3) is 4.08. The van der Waals surface area contributed by atoms with Crippen LogP contribution >= 0.6 is 0 Å². The summed E-state index contributed by atoms with van der Waals surface area (Å²) in [4.78, 5) is 20.7. The molecule has 2 aromatic carbocycles. The molecule has 1 aliphatic carbocycles. The third-order valence-electron chi connectivity index (χ3n) is 6.01. The van der Waals surface area contributed by atoms with Crippen molar-refractivity contribution in [2.24, 2.45) is 0 Å². The quantitative estimate of drug-likeness (QED) is 0.365. The molecule has 1 saturated carbocycles. The monoisotopic (exact) mass is 411 g/mol. The largest absolute Gasteiger partial charge is 0.473 e. The van der Waals surface area contributed by atoms with Crippen molar-refractivity contribution < 1.29 is 9.53 Å². The highest BCUT2D eigenvalue weighted by molar-refractivity contribution is 5.87. The van der Waals surface area contributed by atoms with Crippen LogP contribution in [-0.2, 0) is 6.61 Å². The maximum atomic E-state index is 11.3. The minimum atomic E-state index is 0.421. The molecule has 2 aromatic heterocycles. The van der Waals surface area contributed by atoms with E-state index in [0.717, 1.165) is 47.1 Å². The highest BCUT2D eigenvalue weighted by Gasteiger charge is 2.22. The molecule has 1 aliphatic rings. The molecule has 156 valence electrons. The van der Waals surface area contributed by atoms with Gasteiger partial charge in [-0.3, -0.25) is 4.79 Å². The number of nitrogens with zero attached hydrogens (tertiary/aromatic N) is 3. The number of carbonyl (C=O) groups excluding carboxylic acids is 1. The number of fused-ring (bicyclic) bond motifs is 1. The molecule has 0 radical (unpaired) electrons. The third-order valence-corrected chi connectivity index (χ3v) is 6.01. The molecule has 0 saturated heterocycles. The second-order valence-electron chi connectivity index (χ2n) is 8.12. The molecule has 0 atom stereocenters. The van der Waals surface area contributed by atoms with Crippen LogP contribution in [0.25, 0.3) is 22.4 Å². The van der Waals surface area contributed by atoms with Crippen molar-refractivity contribution in [3.63, 3.8) is 0 Å². The lowest BCUT2D eigenvalue weighted by Gasteiger charge is -2.25. The Hall–Kier alpha value is -3.47. The Morgan fingerprint density at radius 1 is 1.00 bits per heavy atom. The first-order valence-electron chi connectivity index (χ1n) is 10.9. The molecule has 1 fully saturated rings. The Balaban J connectivity index is 1.47. The van der Waals surface area contributed by atoms with E-state index in [-0.39, 0.29) is 0 Å². The van der Waals surface area contributed by atoms with E-state index in [0.29, 0.717) is 24.1 Å². The van der Waals surface area contributed by atoms with Crippen LogP contribution in [0.5, 0.6) is 5.88 Å². The van der Waals surface area contributed by atoms with E-state index >= 15 is 0 Å². The number of ether oxygens (including phenoxy) is 1. The standard InChI is InChI=1S/C26H25N3O2/c30-17-20-11-13-24-23(15-20)28-26(29(24)22-9-5-2-6-10-22)21-12-14-25(27-16-21)31-18-19-7-3-1-4-8-19/h1,3-4,7-8,11-17,22H,2,5-6,9-10,18H2. The van der Waals surface area contributed by atoms with Gasteiger partial charge in [0.2, 0.25) is 5.88 Å². The minimum absolute atomic E-state index is 0.421. The Morgan fingerprint density at radius 2 is 1.84 bits per heavy atom. The topological polar surface area (TPSA) is 57.0 Å². The average molecular weight is 412 g/mol. The van der Waals surface area contributed by atoms with Crippen molar-refractivity contribution in [2.75, 3.05) is 0 Å². The van der Waals surface area contributed by atoms with Crippen molar-refractivity contribution >= 4 is 17.3 Å². The molecular formula is C26H25N3O2. The van der Waals surface area contributed by atoms with Crippen LogP contribution in [0.3, 0.4) is 0 Å². The number of aldehydes is 1. The first-order chi connectivity index (χ1) is 15.3. The molecule has 0 amide bonds. The summed E-state index contributed by atoms with van der Waals surface area (Å²) in [5.41, 5.74) is 4.65. The van der Waals surface area contributed by atoms with Gasteiger partial charge in [0.15, 0.2) is 0 Å². The first-order valence-corrected chi connectivity index (χ1v) is 10.9. The zero-order valence-corrected chi connectivity index (χ0v) is 17.4. The maximum Gasteiger partial charge on any atom is 0.213 e. The zero-order chi connectivity index (χ0) is 21.0. The van der Waals surface area contributed by atoms with Crippen LogP contribution in [0.1, 0.15) is 54.1 Å². The number of pyridine rings is 1. The van der Waals surface area contributed by atoms with E-state index in [1.54, 1.807) is 0 Å². The number of rotatable bonds is 6. The molecule has 2 heterocycles. The fourth-order valence-corrected chi connectivity index (χ4v) is 4.43. The van der Waals surface area contributed by atoms with Gasteiger partial charge in [-0.2, -0.15) is 0 Å². The molecule has 0 spiro atoms. The molecule has 5 nitrogen and oxygen atoms in total. The predicted octanol–water partition coefficient (Wildman–Crippen LogP) is 6.00. The predicted molar refractivity (Wildman–Crippen MR) is 121 cm³/mol. The van der Waals surface area contributed by atoms with Crippen molar-refractivity contribution in [1.82, 2.24) is 14.5 Å². The molecule has 0 aliphatic heterocycles. The number of imidazole rings is 1. The molecule has 5 rings (SSSR count). The molecule has 0 unspecified atom stereocenters. The SMILES string of the molecule is O=Cc1ccc2c(c1)nc(-c1ccc(OCc3ccccc3)nc1)n2C1CCCCC1. The smallest absolute Gasteiger partial charge is 0.213 e. The summed E-state index contributed by atoms with van der Waals surface area (Å²) in [5, 5.41) is 0. The van der Waals surface area contributed by atoms with Crippen molar-refractivity contribution in [3.8, 4) is 17.3 Å². The highest BCUT2D eigenvalue weighted by Crippen LogP contribution is 2.36. The van der Waals surface area contributed by atoms with Gasteiger partial charge in [-0.15, -0.1) is 0 Å². The van der Waals surface area contributed by atoms with Gasteiger partial charge >= 0.3 is 0 Å². The van der Waals surface area contributed by atoms with Crippen LogP contribution < -0.4 is 4.74 Å². The van der Waals surface area contributed by atoms with Crippen LogP contribution in [-0.4, -0.2) is 20.8 Å². The zero-order valence-electron chi connectivity index (χ0n) is 17.4. The summed E-state index contributed by atoms with van der Waals surface area (Å²) < 4.78 is 8.19. The lowest BCUT2D eigenvalue weighted by molar-refractivity contribution is 0.112. The number of benzene rings is 2. The van der Waals surface area contributed by atoms with Crippen molar-refractivity contribution in [3.05, 3.63) is 78.0 Å². The van der Waals surface area contributed by atoms with Gasteiger partial charge in [-0.05, 0) is 42.7 Å². The summed E-state index contributed by atoms with van der Waals surface area (Å²) in [5.74, 6) is 1.50. The average Bonchev–Trinajstić information content (AvgIpc) is 3.23. The summed E-state index contributed by atoms with van der Waals surface area (Å²) >= 11 is 0. The molecule has 0 bridgehead atoms. The van der Waals surface area contributed by atoms with Crippen molar-refractivity contribution in [2.45, 2.75) is 44.8 Å². The van der Waals surface area contributed by atoms with Gasteiger partial charge in [0.05, 0.1) is 11.0 Å². The van der Waals surface area contributed by atoms with Gasteiger partial charge in [0, 0.05) is 29.4 Å². The van der Waals surface area contributed by atoms with Gasteiger partial charge in [0.25, 0.3) is 0 Å². The summed E-state index contributed by atoms with van der Waals surface area (Å²) in [6, 6.07) is 20.2. The van der Waals surface area contributed by atoms with Crippen molar-refractivity contribution in [1.29, 1.82) is 0 Å². The van der Waals surface area contributed by atoms with Gasteiger partial charge in [0.1, 0.15) is 18.7 Å². The van der Waals surface area contributed by atoms with E-state index in [4.69, 9.17) is 9.72 Å². The Bertz CT molecular complexity index is 1180. The molecular weight excluding hydrogens is 386 g/mol. The Labute approximate surface area is 181 Å². The van der Waals surface area contributed by atoms with E-state index in [2.05, 4.69) is 9.55 Å². The number of hydrogen-bond donors (Lipinski definition) is 0.